The second kappa shape index (κ2) is 7.35. The maximum absolute atomic E-state index is 13.8. The van der Waals surface area contributed by atoms with Gasteiger partial charge in [-0.1, -0.05) is 12.1 Å². The molecule has 0 aromatic heterocycles. The van der Waals surface area contributed by atoms with Crippen LogP contribution >= 0.6 is 0 Å². The monoisotopic (exact) mass is 308 g/mol. The van der Waals surface area contributed by atoms with Crippen molar-refractivity contribution in [2.75, 3.05) is 25.0 Å². The number of amides is 1. The molecule has 1 aromatic rings. The number of para-hydroxylation sites is 1. The maximum atomic E-state index is 13.8. The number of hydrogen-bond acceptors (Lipinski definition) is 3. The van der Waals surface area contributed by atoms with Crippen LogP contribution in [0.4, 0.5) is 10.1 Å². The predicted octanol–water partition coefficient (Wildman–Crippen LogP) is 2.12. The van der Waals surface area contributed by atoms with Gasteiger partial charge >= 0.3 is 5.97 Å². The van der Waals surface area contributed by atoms with Crippen molar-refractivity contribution in [1.82, 2.24) is 4.90 Å². The van der Waals surface area contributed by atoms with Crippen molar-refractivity contribution in [3.8, 4) is 0 Å². The summed E-state index contributed by atoms with van der Waals surface area (Å²) in [5, 5.41) is 8.61. The zero-order valence-electron chi connectivity index (χ0n) is 12.7. The predicted molar refractivity (Wildman–Crippen MR) is 81.3 cm³/mol. The average Bonchev–Trinajstić information content (AvgIpc) is 2.85. The van der Waals surface area contributed by atoms with Crippen molar-refractivity contribution < 1.29 is 19.1 Å². The normalized spacial score (nSPS) is 18.2. The summed E-state index contributed by atoms with van der Waals surface area (Å²) in [7, 11) is 1.86. The number of aliphatic carboxylic acids is 1. The van der Waals surface area contributed by atoms with Crippen molar-refractivity contribution in [2.45, 2.75) is 31.7 Å². The number of unbranched alkanes of at least 4 members (excludes halogenated alkanes) is 1. The third-order valence-electron chi connectivity index (χ3n) is 4.00. The number of rotatable bonds is 7. The van der Waals surface area contributed by atoms with E-state index in [0.29, 0.717) is 31.6 Å². The highest BCUT2D eigenvalue weighted by atomic mass is 19.1. The van der Waals surface area contributed by atoms with Crippen molar-refractivity contribution in [2.24, 2.45) is 0 Å². The lowest BCUT2D eigenvalue weighted by Gasteiger charge is -2.23. The highest BCUT2D eigenvalue weighted by molar-refractivity contribution is 5.99. The Kier molecular flexibility index (Phi) is 5.49. The first-order valence-corrected chi connectivity index (χ1v) is 7.48. The largest absolute Gasteiger partial charge is 0.481 e. The number of anilines is 1. The van der Waals surface area contributed by atoms with E-state index in [1.807, 2.05) is 11.9 Å². The number of carboxylic acids is 1. The molecule has 0 radical (unpaired) electrons. The molecule has 1 aliphatic rings. The molecule has 1 N–H and O–H groups in total. The molecular weight excluding hydrogens is 287 g/mol. The van der Waals surface area contributed by atoms with Crippen LogP contribution in [-0.4, -0.2) is 48.1 Å². The summed E-state index contributed by atoms with van der Waals surface area (Å²) >= 11 is 0. The molecule has 1 aromatic carbocycles. The van der Waals surface area contributed by atoms with Gasteiger partial charge in [-0.05, 0) is 45.0 Å². The van der Waals surface area contributed by atoms with Gasteiger partial charge < -0.3 is 10.0 Å². The van der Waals surface area contributed by atoms with Crippen LogP contribution in [0.5, 0.6) is 0 Å². The molecule has 0 bridgehead atoms. The first-order chi connectivity index (χ1) is 10.5. The standard InChI is InChI=1S/C16H21FN2O3/c1-18(10-5-4-8-15(20)21)14-9-11-19(16(14)22)13-7-3-2-6-12(13)17/h2-3,6-7,14H,4-5,8-11H2,1H3,(H,20,21). The smallest absolute Gasteiger partial charge is 0.303 e. The van der Waals surface area contributed by atoms with Gasteiger partial charge in [0, 0.05) is 13.0 Å². The molecule has 1 heterocycles. The lowest BCUT2D eigenvalue weighted by molar-refractivity contribution is -0.137. The van der Waals surface area contributed by atoms with Crippen LogP contribution < -0.4 is 4.90 Å². The quantitative estimate of drug-likeness (QED) is 0.784. The van der Waals surface area contributed by atoms with Gasteiger partial charge in [0.1, 0.15) is 5.82 Å². The topological polar surface area (TPSA) is 60.9 Å². The van der Waals surface area contributed by atoms with Gasteiger partial charge in [0.2, 0.25) is 5.91 Å². The zero-order valence-corrected chi connectivity index (χ0v) is 12.7. The van der Waals surface area contributed by atoms with E-state index in [4.69, 9.17) is 5.11 Å². The summed E-state index contributed by atoms with van der Waals surface area (Å²) in [5.41, 5.74) is 0.328. The van der Waals surface area contributed by atoms with Crippen LogP contribution in [0.2, 0.25) is 0 Å². The number of likely N-dealkylation sites (N-methyl/N-ethyl adjacent to an activating group) is 1. The van der Waals surface area contributed by atoms with Crippen LogP contribution in [0.15, 0.2) is 24.3 Å². The summed E-state index contributed by atoms with van der Waals surface area (Å²) in [6.45, 7) is 1.17. The third kappa shape index (κ3) is 3.82. The number of carbonyl (C=O) groups excluding carboxylic acids is 1. The molecular formula is C16H21FN2O3. The average molecular weight is 308 g/mol. The molecule has 6 heteroatoms. The van der Waals surface area contributed by atoms with E-state index in [-0.39, 0.29) is 24.2 Å². The number of carbonyl (C=O) groups is 2. The van der Waals surface area contributed by atoms with Crippen molar-refractivity contribution >= 4 is 17.6 Å². The molecule has 1 fully saturated rings. The number of carboxylic acid groups (broad SMARTS) is 1. The molecule has 0 saturated carbocycles. The minimum atomic E-state index is -0.801. The van der Waals surface area contributed by atoms with Gasteiger partial charge in [-0.25, -0.2) is 4.39 Å². The first-order valence-electron chi connectivity index (χ1n) is 7.48. The van der Waals surface area contributed by atoms with Crippen LogP contribution in [0, 0.1) is 5.82 Å². The van der Waals surface area contributed by atoms with Crippen LogP contribution in [-0.2, 0) is 9.59 Å². The molecule has 120 valence electrons. The Bertz CT molecular complexity index is 550. The van der Waals surface area contributed by atoms with Gasteiger partial charge in [-0.2, -0.15) is 0 Å². The lowest BCUT2D eigenvalue weighted by atomic mass is 10.2. The highest BCUT2D eigenvalue weighted by Gasteiger charge is 2.35. The van der Waals surface area contributed by atoms with Gasteiger partial charge in [-0.15, -0.1) is 0 Å². The van der Waals surface area contributed by atoms with Crippen LogP contribution in [0.1, 0.15) is 25.7 Å². The Morgan fingerprint density at radius 2 is 2.14 bits per heavy atom. The van der Waals surface area contributed by atoms with E-state index in [9.17, 15) is 14.0 Å². The van der Waals surface area contributed by atoms with E-state index < -0.39 is 5.97 Å². The van der Waals surface area contributed by atoms with E-state index in [2.05, 4.69) is 0 Å². The Labute approximate surface area is 129 Å². The SMILES string of the molecule is CN(CCCCC(=O)O)C1CCN(c2ccccc2F)C1=O. The van der Waals surface area contributed by atoms with Crippen molar-refractivity contribution in [3.63, 3.8) is 0 Å². The molecule has 5 nitrogen and oxygen atoms in total. The van der Waals surface area contributed by atoms with Gasteiger partial charge in [0.05, 0.1) is 11.7 Å². The number of nitrogens with zero attached hydrogens (tertiary/aromatic N) is 2. The van der Waals surface area contributed by atoms with Gasteiger partial charge in [0.25, 0.3) is 0 Å². The van der Waals surface area contributed by atoms with E-state index in [1.165, 1.54) is 11.0 Å². The number of halogens is 1. The summed E-state index contributed by atoms with van der Waals surface area (Å²) in [4.78, 5) is 26.4. The molecule has 1 unspecified atom stereocenters. The molecule has 1 amide bonds. The minimum absolute atomic E-state index is 0.0918. The van der Waals surface area contributed by atoms with Crippen molar-refractivity contribution in [1.29, 1.82) is 0 Å². The van der Waals surface area contributed by atoms with E-state index in [1.54, 1.807) is 18.2 Å². The maximum Gasteiger partial charge on any atom is 0.303 e. The molecule has 1 aliphatic heterocycles. The number of hydrogen-bond donors (Lipinski definition) is 1. The van der Waals surface area contributed by atoms with Gasteiger partial charge in [0.15, 0.2) is 0 Å². The Morgan fingerprint density at radius 1 is 1.41 bits per heavy atom. The Morgan fingerprint density at radius 3 is 2.82 bits per heavy atom. The first kappa shape index (κ1) is 16.4. The van der Waals surface area contributed by atoms with Crippen molar-refractivity contribution in [3.05, 3.63) is 30.1 Å². The minimum Gasteiger partial charge on any atom is -0.481 e. The second-order valence-electron chi connectivity index (χ2n) is 5.58. The summed E-state index contributed by atoms with van der Waals surface area (Å²) in [6.07, 6.45) is 2.13. The summed E-state index contributed by atoms with van der Waals surface area (Å²) < 4.78 is 13.8. The van der Waals surface area contributed by atoms with E-state index in [0.717, 1.165) is 6.42 Å². The third-order valence-corrected chi connectivity index (χ3v) is 4.00. The molecule has 0 spiro atoms. The number of benzene rings is 1. The second-order valence-corrected chi connectivity index (χ2v) is 5.58. The Balaban J connectivity index is 1.91. The van der Waals surface area contributed by atoms with Gasteiger partial charge in [-0.3, -0.25) is 14.5 Å². The zero-order chi connectivity index (χ0) is 16.1. The fourth-order valence-corrected chi connectivity index (χ4v) is 2.78. The fraction of sp³-hybridized carbons (Fsp3) is 0.500. The molecule has 0 aliphatic carbocycles. The lowest BCUT2D eigenvalue weighted by Crippen LogP contribution is -2.40. The van der Waals surface area contributed by atoms with E-state index >= 15 is 0 Å². The molecule has 1 atom stereocenters. The molecule has 2 rings (SSSR count). The Hall–Kier alpha value is -1.95. The molecule has 22 heavy (non-hydrogen) atoms. The van der Waals surface area contributed by atoms with Crippen LogP contribution in [0.3, 0.4) is 0 Å². The fourth-order valence-electron chi connectivity index (χ4n) is 2.78. The highest BCUT2D eigenvalue weighted by Crippen LogP contribution is 2.26. The summed E-state index contributed by atoms with van der Waals surface area (Å²) in [5.74, 6) is -1.28. The molecule has 1 saturated heterocycles. The van der Waals surface area contributed by atoms with Crippen LogP contribution in [0.25, 0.3) is 0 Å². The summed E-state index contributed by atoms with van der Waals surface area (Å²) in [6, 6.07) is 6.03.